The number of rotatable bonds is 6. The third-order valence-electron chi connectivity index (χ3n) is 4.64. The molecule has 2 aliphatic rings. The Morgan fingerprint density at radius 3 is 2.50 bits per heavy atom. The van der Waals surface area contributed by atoms with Crippen molar-refractivity contribution >= 4 is 5.69 Å². The lowest BCUT2D eigenvalue weighted by Crippen LogP contribution is -2.25. The number of hydrogen-bond donors (Lipinski definition) is 2. The maximum atomic E-state index is 5.94. The molecule has 0 atom stereocenters. The zero-order valence-electron chi connectivity index (χ0n) is 11.3. The highest BCUT2D eigenvalue weighted by molar-refractivity contribution is 5.49. The molecule has 0 aliphatic heterocycles. The van der Waals surface area contributed by atoms with Crippen LogP contribution in [0.5, 0.6) is 0 Å². The predicted molar refractivity (Wildman–Crippen MR) is 76.2 cm³/mol. The molecule has 2 heteroatoms. The Bertz CT molecular complexity index is 407. The summed E-state index contributed by atoms with van der Waals surface area (Å²) in [5, 5.41) is 3.66. The Morgan fingerprint density at radius 2 is 1.89 bits per heavy atom. The minimum absolute atomic E-state index is 0.912. The lowest BCUT2D eigenvalue weighted by atomic mass is 9.97. The van der Waals surface area contributed by atoms with Crippen molar-refractivity contribution in [3.8, 4) is 0 Å². The summed E-state index contributed by atoms with van der Waals surface area (Å²) in [4.78, 5) is 0. The van der Waals surface area contributed by atoms with E-state index in [1.807, 2.05) is 6.07 Å². The van der Waals surface area contributed by atoms with Crippen molar-refractivity contribution in [1.29, 1.82) is 0 Å². The largest absolute Gasteiger partial charge is 0.399 e. The third-order valence-corrected chi connectivity index (χ3v) is 4.64. The molecule has 0 aromatic heterocycles. The zero-order chi connectivity index (χ0) is 12.5. The van der Waals surface area contributed by atoms with E-state index in [4.69, 9.17) is 5.73 Å². The fourth-order valence-electron chi connectivity index (χ4n) is 3.04. The quantitative estimate of drug-likeness (QED) is 0.755. The molecular weight excluding hydrogens is 220 g/mol. The summed E-state index contributed by atoms with van der Waals surface area (Å²) in [6, 6.07) is 6.22. The van der Waals surface area contributed by atoms with Gasteiger partial charge in [0.2, 0.25) is 0 Å². The van der Waals surface area contributed by atoms with Crippen LogP contribution < -0.4 is 11.1 Å². The van der Waals surface area contributed by atoms with Crippen molar-refractivity contribution in [1.82, 2.24) is 5.32 Å². The molecule has 0 bridgehead atoms. The second-order valence-electron chi connectivity index (χ2n) is 6.10. The first-order valence-electron chi connectivity index (χ1n) is 7.30. The lowest BCUT2D eigenvalue weighted by Gasteiger charge is -2.17. The van der Waals surface area contributed by atoms with Crippen molar-refractivity contribution in [2.45, 2.75) is 39.2 Å². The van der Waals surface area contributed by atoms with Crippen LogP contribution in [0.4, 0.5) is 5.69 Å². The average molecular weight is 244 g/mol. The Hall–Kier alpha value is -1.02. The van der Waals surface area contributed by atoms with Gasteiger partial charge in [-0.15, -0.1) is 0 Å². The van der Waals surface area contributed by atoms with Gasteiger partial charge >= 0.3 is 0 Å². The van der Waals surface area contributed by atoms with Gasteiger partial charge in [0, 0.05) is 12.2 Å². The first kappa shape index (κ1) is 12.0. The summed E-state index contributed by atoms with van der Waals surface area (Å²) in [5.74, 6) is 3.02. The van der Waals surface area contributed by atoms with E-state index in [-0.39, 0.29) is 0 Å². The molecule has 0 spiro atoms. The second kappa shape index (κ2) is 4.93. The van der Waals surface area contributed by atoms with Gasteiger partial charge in [-0.3, -0.25) is 0 Å². The molecule has 2 fully saturated rings. The Morgan fingerprint density at radius 1 is 1.22 bits per heavy atom. The number of nitrogens with two attached hydrogens (primary N) is 1. The summed E-state index contributed by atoms with van der Waals surface area (Å²) in [7, 11) is 0. The average Bonchev–Trinajstić information content (AvgIpc) is 3.23. The molecule has 0 amide bonds. The highest BCUT2D eigenvalue weighted by Crippen LogP contribution is 2.48. The monoisotopic (exact) mass is 244 g/mol. The van der Waals surface area contributed by atoms with E-state index in [0.29, 0.717) is 0 Å². The van der Waals surface area contributed by atoms with Crippen LogP contribution in [0.25, 0.3) is 0 Å². The first-order valence-corrected chi connectivity index (χ1v) is 7.30. The van der Waals surface area contributed by atoms with E-state index in [9.17, 15) is 0 Å². The molecule has 3 N–H and O–H groups in total. The van der Waals surface area contributed by atoms with Gasteiger partial charge in [-0.2, -0.15) is 0 Å². The fraction of sp³-hybridized carbons (Fsp3) is 0.625. The van der Waals surface area contributed by atoms with E-state index in [2.05, 4.69) is 24.4 Å². The van der Waals surface area contributed by atoms with Crippen molar-refractivity contribution in [3.63, 3.8) is 0 Å². The van der Waals surface area contributed by atoms with Gasteiger partial charge in [0.15, 0.2) is 0 Å². The van der Waals surface area contributed by atoms with Gasteiger partial charge in [0.1, 0.15) is 0 Å². The Labute approximate surface area is 110 Å². The molecule has 2 saturated carbocycles. The van der Waals surface area contributed by atoms with Crippen LogP contribution in [0.1, 0.15) is 36.8 Å². The zero-order valence-corrected chi connectivity index (χ0v) is 11.3. The summed E-state index contributed by atoms with van der Waals surface area (Å²) in [5.41, 5.74) is 9.44. The van der Waals surface area contributed by atoms with Gasteiger partial charge in [0.25, 0.3) is 0 Å². The van der Waals surface area contributed by atoms with Crippen molar-refractivity contribution in [2.75, 3.05) is 12.3 Å². The molecule has 2 nitrogen and oxygen atoms in total. The molecule has 1 aromatic carbocycles. The van der Waals surface area contributed by atoms with E-state index in [0.717, 1.165) is 30.0 Å². The standard InChI is InChI=1S/C16H24N2/c1-11-14(3-2-4-16(11)17)9-18-10-15(12-5-6-12)13-7-8-13/h2-4,12-13,15,18H,5-10,17H2,1H3. The van der Waals surface area contributed by atoms with Gasteiger partial charge < -0.3 is 11.1 Å². The predicted octanol–water partition coefficient (Wildman–Crippen LogP) is 3.10. The molecule has 0 unspecified atom stereocenters. The highest BCUT2D eigenvalue weighted by Gasteiger charge is 2.40. The van der Waals surface area contributed by atoms with Gasteiger partial charge in [0.05, 0.1) is 0 Å². The van der Waals surface area contributed by atoms with Crippen LogP contribution in [0.15, 0.2) is 18.2 Å². The van der Waals surface area contributed by atoms with Crippen LogP contribution in [0, 0.1) is 24.7 Å². The van der Waals surface area contributed by atoms with Crippen LogP contribution in [-0.2, 0) is 6.54 Å². The summed E-state index contributed by atoms with van der Waals surface area (Å²) < 4.78 is 0. The SMILES string of the molecule is Cc1c(N)cccc1CNCC(C1CC1)C1CC1. The van der Waals surface area contributed by atoms with Crippen molar-refractivity contribution < 1.29 is 0 Å². The normalized spacial score (nSPS) is 19.4. The van der Waals surface area contributed by atoms with Crippen molar-refractivity contribution in [3.05, 3.63) is 29.3 Å². The van der Waals surface area contributed by atoms with Gasteiger partial charge in [-0.25, -0.2) is 0 Å². The third kappa shape index (κ3) is 2.69. The number of nitrogens with one attached hydrogen (secondary N) is 1. The highest BCUT2D eigenvalue weighted by atomic mass is 14.9. The molecule has 18 heavy (non-hydrogen) atoms. The lowest BCUT2D eigenvalue weighted by molar-refractivity contribution is 0.378. The molecule has 98 valence electrons. The topological polar surface area (TPSA) is 38.0 Å². The van der Waals surface area contributed by atoms with E-state index < -0.39 is 0 Å². The molecule has 0 radical (unpaired) electrons. The first-order chi connectivity index (χ1) is 8.75. The number of benzene rings is 1. The summed E-state index contributed by atoms with van der Waals surface area (Å²) >= 11 is 0. The second-order valence-corrected chi connectivity index (χ2v) is 6.10. The van der Waals surface area contributed by atoms with E-state index in [1.54, 1.807) is 0 Å². The Balaban J connectivity index is 1.52. The molecule has 3 rings (SSSR count). The van der Waals surface area contributed by atoms with E-state index >= 15 is 0 Å². The molecule has 1 aromatic rings. The molecule has 0 heterocycles. The smallest absolute Gasteiger partial charge is 0.0346 e. The van der Waals surface area contributed by atoms with Crippen molar-refractivity contribution in [2.24, 2.45) is 17.8 Å². The molecule has 2 aliphatic carbocycles. The van der Waals surface area contributed by atoms with Crippen LogP contribution in [0.2, 0.25) is 0 Å². The minimum Gasteiger partial charge on any atom is -0.399 e. The molecule has 0 saturated heterocycles. The summed E-state index contributed by atoms with van der Waals surface area (Å²) in [6.45, 7) is 4.28. The molecular formula is C16H24N2. The number of hydrogen-bond acceptors (Lipinski definition) is 2. The summed E-state index contributed by atoms with van der Waals surface area (Å²) in [6.07, 6.45) is 5.89. The van der Waals surface area contributed by atoms with Crippen LogP contribution in [-0.4, -0.2) is 6.54 Å². The number of nitrogen functional groups attached to an aromatic ring is 1. The Kier molecular flexibility index (Phi) is 3.29. The maximum Gasteiger partial charge on any atom is 0.0346 e. The van der Waals surface area contributed by atoms with E-state index in [1.165, 1.54) is 43.4 Å². The minimum atomic E-state index is 0.912. The number of anilines is 1. The maximum absolute atomic E-state index is 5.94. The van der Waals surface area contributed by atoms with Crippen LogP contribution in [0.3, 0.4) is 0 Å². The van der Waals surface area contributed by atoms with Gasteiger partial charge in [-0.1, -0.05) is 12.1 Å². The van der Waals surface area contributed by atoms with Crippen LogP contribution >= 0.6 is 0 Å². The van der Waals surface area contributed by atoms with Gasteiger partial charge in [-0.05, 0) is 74.1 Å². The fourth-order valence-corrected chi connectivity index (χ4v) is 3.04.